The van der Waals surface area contributed by atoms with E-state index >= 15 is 0 Å². The first-order valence-electron chi connectivity index (χ1n) is 7.52. The van der Waals surface area contributed by atoms with Crippen LogP contribution in [0.5, 0.6) is 0 Å². The van der Waals surface area contributed by atoms with E-state index in [4.69, 9.17) is 9.47 Å². The van der Waals surface area contributed by atoms with Crippen LogP contribution in [-0.4, -0.2) is 38.5 Å². The summed E-state index contributed by atoms with van der Waals surface area (Å²) in [5, 5.41) is 5.33. The molecule has 6 nitrogen and oxygen atoms in total. The van der Waals surface area contributed by atoms with Crippen LogP contribution in [0, 0.1) is 0 Å². The van der Waals surface area contributed by atoms with Gasteiger partial charge in [0.1, 0.15) is 0 Å². The molecule has 0 aromatic heterocycles. The van der Waals surface area contributed by atoms with Crippen LogP contribution >= 0.6 is 0 Å². The highest BCUT2D eigenvalue weighted by atomic mass is 16.6. The maximum Gasteiger partial charge on any atom is 0.407 e. The topological polar surface area (TPSA) is 76.7 Å². The Kier molecular flexibility index (Phi) is 12.9. The lowest BCUT2D eigenvalue weighted by atomic mass is 10.3. The third kappa shape index (κ3) is 13.0. The quantitative estimate of drug-likeness (QED) is 0.573. The Morgan fingerprint density at radius 1 is 0.750 bits per heavy atom. The number of carbonyl (C=O) groups excluding carboxylic acids is 2. The molecule has 0 rings (SSSR count). The maximum atomic E-state index is 11.2. The van der Waals surface area contributed by atoms with Crippen LogP contribution in [0.25, 0.3) is 0 Å². The summed E-state index contributed by atoms with van der Waals surface area (Å²) in [5.74, 6) is 0. The molecule has 0 spiro atoms. The molecule has 0 aliphatic carbocycles. The van der Waals surface area contributed by atoms with Gasteiger partial charge in [0.25, 0.3) is 0 Å². The molecule has 0 fully saturated rings. The molecule has 0 heterocycles. The predicted molar refractivity (Wildman–Crippen MR) is 77.8 cm³/mol. The predicted octanol–water partition coefficient (Wildman–Crippen LogP) is 2.82. The number of unbranched alkanes of at least 4 members (excludes halogenated alkanes) is 3. The van der Waals surface area contributed by atoms with Gasteiger partial charge in [-0.05, 0) is 25.7 Å². The summed E-state index contributed by atoms with van der Waals surface area (Å²) in [5.41, 5.74) is 0. The highest BCUT2D eigenvalue weighted by Gasteiger charge is 2.01. The molecule has 2 N–H and O–H groups in total. The van der Waals surface area contributed by atoms with Crippen LogP contribution in [0.2, 0.25) is 0 Å². The van der Waals surface area contributed by atoms with Crippen molar-refractivity contribution in [3.05, 3.63) is 0 Å². The zero-order valence-electron chi connectivity index (χ0n) is 12.7. The zero-order valence-corrected chi connectivity index (χ0v) is 12.7. The second-order valence-electron chi connectivity index (χ2n) is 4.54. The van der Waals surface area contributed by atoms with E-state index in [-0.39, 0.29) is 12.2 Å². The highest BCUT2D eigenvalue weighted by molar-refractivity contribution is 5.67. The summed E-state index contributed by atoms with van der Waals surface area (Å²) < 4.78 is 9.88. The molecular formula is C14H28N2O4. The first-order chi connectivity index (χ1) is 9.70. The molecule has 0 aromatic rings. The number of amides is 2. The van der Waals surface area contributed by atoms with E-state index in [1.54, 1.807) is 0 Å². The van der Waals surface area contributed by atoms with E-state index in [1.807, 2.05) is 13.8 Å². The molecule has 6 heteroatoms. The van der Waals surface area contributed by atoms with Crippen LogP contribution < -0.4 is 10.6 Å². The highest BCUT2D eigenvalue weighted by Crippen LogP contribution is 1.91. The van der Waals surface area contributed by atoms with Gasteiger partial charge in [-0.3, -0.25) is 0 Å². The number of hydrogen-bond donors (Lipinski definition) is 2. The lowest BCUT2D eigenvalue weighted by molar-refractivity contribution is 0.142. The summed E-state index contributed by atoms with van der Waals surface area (Å²) in [6, 6.07) is 0. The number of carbonyl (C=O) groups is 2. The average Bonchev–Trinajstić information content (AvgIpc) is 2.43. The van der Waals surface area contributed by atoms with Crippen molar-refractivity contribution in [3.63, 3.8) is 0 Å². The first kappa shape index (κ1) is 18.5. The molecule has 0 aliphatic rings. The second-order valence-corrected chi connectivity index (χ2v) is 4.54. The van der Waals surface area contributed by atoms with Gasteiger partial charge in [0, 0.05) is 13.1 Å². The number of hydrogen-bond acceptors (Lipinski definition) is 4. The Labute approximate surface area is 121 Å². The summed E-state index contributed by atoms with van der Waals surface area (Å²) in [6.07, 6.45) is 4.63. The summed E-state index contributed by atoms with van der Waals surface area (Å²) >= 11 is 0. The van der Waals surface area contributed by atoms with Crippen LogP contribution in [0.3, 0.4) is 0 Å². The molecule has 0 saturated heterocycles. The van der Waals surface area contributed by atoms with Crippen LogP contribution in [0.1, 0.15) is 52.4 Å². The van der Waals surface area contributed by atoms with Gasteiger partial charge < -0.3 is 20.1 Å². The largest absolute Gasteiger partial charge is 0.450 e. The number of rotatable bonds is 11. The average molecular weight is 288 g/mol. The van der Waals surface area contributed by atoms with Crippen molar-refractivity contribution in [1.82, 2.24) is 10.6 Å². The third-order valence-electron chi connectivity index (χ3n) is 2.60. The monoisotopic (exact) mass is 288 g/mol. The van der Waals surface area contributed by atoms with E-state index in [2.05, 4.69) is 10.6 Å². The van der Waals surface area contributed by atoms with E-state index in [9.17, 15) is 9.59 Å². The van der Waals surface area contributed by atoms with E-state index in [1.165, 1.54) is 0 Å². The van der Waals surface area contributed by atoms with Crippen LogP contribution in [0.4, 0.5) is 9.59 Å². The standard InChI is InChI=1S/C14H28N2O4/c1-3-5-11-19-13(17)15-9-7-8-10-16-14(18)20-12-6-4-2/h3-12H2,1-2H3,(H,15,17)(H,16,18). The summed E-state index contributed by atoms with van der Waals surface area (Å²) in [6.45, 7) is 6.12. The Hall–Kier alpha value is -1.46. The SMILES string of the molecule is CCCCOC(=O)NCCCCNC(=O)OCCCC. The van der Waals surface area contributed by atoms with Crippen molar-refractivity contribution in [2.24, 2.45) is 0 Å². The normalized spacial score (nSPS) is 9.90. The van der Waals surface area contributed by atoms with Gasteiger partial charge in [0.2, 0.25) is 0 Å². The summed E-state index contributed by atoms with van der Waals surface area (Å²) in [7, 11) is 0. The number of alkyl carbamates (subject to hydrolysis) is 2. The lowest BCUT2D eigenvalue weighted by Crippen LogP contribution is -2.28. The van der Waals surface area contributed by atoms with Gasteiger partial charge in [-0.2, -0.15) is 0 Å². The molecule has 20 heavy (non-hydrogen) atoms. The van der Waals surface area contributed by atoms with Crippen molar-refractivity contribution in [1.29, 1.82) is 0 Å². The third-order valence-corrected chi connectivity index (χ3v) is 2.60. The minimum absolute atomic E-state index is 0.370. The van der Waals surface area contributed by atoms with E-state index < -0.39 is 0 Å². The Balaban J connectivity index is 3.27. The molecule has 0 unspecified atom stereocenters. The van der Waals surface area contributed by atoms with Gasteiger partial charge >= 0.3 is 12.2 Å². The van der Waals surface area contributed by atoms with E-state index in [0.717, 1.165) is 38.5 Å². The van der Waals surface area contributed by atoms with Crippen LogP contribution in [0.15, 0.2) is 0 Å². The van der Waals surface area contributed by atoms with E-state index in [0.29, 0.717) is 26.3 Å². The molecule has 118 valence electrons. The second kappa shape index (κ2) is 14.0. The number of nitrogens with one attached hydrogen (secondary N) is 2. The smallest absolute Gasteiger partial charge is 0.407 e. The Morgan fingerprint density at radius 2 is 1.15 bits per heavy atom. The van der Waals surface area contributed by atoms with Crippen LogP contribution in [-0.2, 0) is 9.47 Å². The number of ether oxygens (including phenoxy) is 2. The zero-order chi connectivity index (χ0) is 15.1. The molecular weight excluding hydrogens is 260 g/mol. The van der Waals surface area contributed by atoms with Gasteiger partial charge in [-0.25, -0.2) is 9.59 Å². The molecule has 2 amide bonds. The lowest BCUT2D eigenvalue weighted by Gasteiger charge is -2.07. The first-order valence-corrected chi connectivity index (χ1v) is 7.52. The molecule has 0 atom stereocenters. The Morgan fingerprint density at radius 3 is 1.50 bits per heavy atom. The molecule has 0 aliphatic heterocycles. The van der Waals surface area contributed by atoms with Gasteiger partial charge in [0.05, 0.1) is 13.2 Å². The van der Waals surface area contributed by atoms with Crippen molar-refractivity contribution in [2.45, 2.75) is 52.4 Å². The minimum Gasteiger partial charge on any atom is -0.450 e. The van der Waals surface area contributed by atoms with Gasteiger partial charge in [-0.1, -0.05) is 26.7 Å². The van der Waals surface area contributed by atoms with Gasteiger partial charge in [-0.15, -0.1) is 0 Å². The fraction of sp³-hybridized carbons (Fsp3) is 0.857. The maximum absolute atomic E-state index is 11.2. The van der Waals surface area contributed by atoms with Crippen molar-refractivity contribution in [3.8, 4) is 0 Å². The summed E-state index contributed by atoms with van der Waals surface area (Å²) in [4.78, 5) is 22.4. The fourth-order valence-electron chi connectivity index (χ4n) is 1.35. The molecule has 0 saturated carbocycles. The molecule has 0 bridgehead atoms. The minimum atomic E-state index is -0.370. The van der Waals surface area contributed by atoms with Crippen molar-refractivity contribution >= 4 is 12.2 Å². The molecule has 0 radical (unpaired) electrons. The van der Waals surface area contributed by atoms with Crippen molar-refractivity contribution < 1.29 is 19.1 Å². The van der Waals surface area contributed by atoms with Crippen molar-refractivity contribution in [2.75, 3.05) is 26.3 Å². The fourth-order valence-corrected chi connectivity index (χ4v) is 1.35. The van der Waals surface area contributed by atoms with Gasteiger partial charge in [0.15, 0.2) is 0 Å². The molecule has 0 aromatic carbocycles. The Bertz CT molecular complexity index is 234.